The molecule has 0 radical (unpaired) electrons. The standard InChI is InChI=1S/C21H20ClN3O3/c1-13-9-18(19(28-3)12-17(13)22)25-21(26)14-7-8-23-20(10-14)24-15-5-4-6-16(11-15)27-2/h4-12H,1-3H3,(H,23,24)(H,25,26). The van der Waals surface area contributed by atoms with Crippen molar-refractivity contribution in [1.82, 2.24) is 4.98 Å². The molecule has 0 atom stereocenters. The molecule has 2 N–H and O–H groups in total. The number of ether oxygens (including phenoxy) is 2. The maximum atomic E-state index is 12.7. The number of anilines is 3. The molecule has 0 saturated carbocycles. The molecular weight excluding hydrogens is 378 g/mol. The lowest BCUT2D eigenvalue weighted by atomic mass is 10.2. The maximum absolute atomic E-state index is 12.7. The largest absolute Gasteiger partial charge is 0.497 e. The lowest BCUT2D eigenvalue weighted by Crippen LogP contribution is -2.13. The summed E-state index contributed by atoms with van der Waals surface area (Å²) in [7, 11) is 3.13. The molecule has 0 spiro atoms. The highest BCUT2D eigenvalue weighted by atomic mass is 35.5. The van der Waals surface area contributed by atoms with E-state index in [9.17, 15) is 4.79 Å². The van der Waals surface area contributed by atoms with Crippen LogP contribution in [0.4, 0.5) is 17.2 Å². The minimum atomic E-state index is -0.281. The molecule has 0 bridgehead atoms. The summed E-state index contributed by atoms with van der Waals surface area (Å²) in [5.41, 5.74) is 2.65. The number of rotatable bonds is 6. The van der Waals surface area contributed by atoms with Gasteiger partial charge in [-0.3, -0.25) is 4.79 Å². The van der Waals surface area contributed by atoms with Crippen LogP contribution in [0.15, 0.2) is 54.7 Å². The van der Waals surface area contributed by atoms with Gasteiger partial charge in [0.15, 0.2) is 0 Å². The Balaban J connectivity index is 1.80. The van der Waals surface area contributed by atoms with Crippen molar-refractivity contribution < 1.29 is 14.3 Å². The first kappa shape index (κ1) is 19.5. The van der Waals surface area contributed by atoms with E-state index in [2.05, 4.69) is 15.6 Å². The zero-order chi connectivity index (χ0) is 20.1. The first-order valence-corrected chi connectivity index (χ1v) is 8.90. The van der Waals surface area contributed by atoms with Gasteiger partial charge in [0, 0.05) is 34.6 Å². The van der Waals surface area contributed by atoms with Crippen molar-refractivity contribution in [2.24, 2.45) is 0 Å². The number of nitrogens with zero attached hydrogens (tertiary/aromatic N) is 1. The van der Waals surface area contributed by atoms with Crippen molar-refractivity contribution in [3.8, 4) is 11.5 Å². The third kappa shape index (κ3) is 4.53. The SMILES string of the molecule is COc1cccc(Nc2cc(C(=O)Nc3cc(C)c(Cl)cc3OC)ccn2)c1. The molecule has 0 aliphatic heterocycles. The molecule has 0 aliphatic rings. The Kier molecular flexibility index (Phi) is 6.01. The van der Waals surface area contributed by atoms with Crippen molar-refractivity contribution >= 4 is 34.7 Å². The smallest absolute Gasteiger partial charge is 0.255 e. The van der Waals surface area contributed by atoms with Gasteiger partial charge in [0.2, 0.25) is 0 Å². The normalized spacial score (nSPS) is 10.3. The second kappa shape index (κ2) is 8.63. The summed E-state index contributed by atoms with van der Waals surface area (Å²) in [6, 6.07) is 14.2. The molecule has 0 saturated heterocycles. The second-order valence-electron chi connectivity index (χ2n) is 6.04. The molecule has 7 heteroatoms. The van der Waals surface area contributed by atoms with Gasteiger partial charge in [0.25, 0.3) is 5.91 Å². The number of hydrogen-bond acceptors (Lipinski definition) is 5. The Morgan fingerprint density at radius 3 is 2.64 bits per heavy atom. The van der Waals surface area contributed by atoms with E-state index >= 15 is 0 Å². The molecule has 3 rings (SSSR count). The van der Waals surface area contributed by atoms with Crippen molar-refractivity contribution in [1.29, 1.82) is 0 Å². The van der Waals surface area contributed by atoms with Crippen LogP contribution in [0.5, 0.6) is 11.5 Å². The molecule has 1 aromatic heterocycles. The molecule has 0 unspecified atom stereocenters. The first-order valence-electron chi connectivity index (χ1n) is 8.53. The van der Waals surface area contributed by atoms with Crippen molar-refractivity contribution in [2.45, 2.75) is 6.92 Å². The summed E-state index contributed by atoms with van der Waals surface area (Å²) >= 11 is 6.12. The summed E-state index contributed by atoms with van der Waals surface area (Å²) in [5.74, 6) is 1.48. The minimum Gasteiger partial charge on any atom is -0.497 e. The molecular formula is C21H20ClN3O3. The van der Waals surface area contributed by atoms with Gasteiger partial charge in [-0.25, -0.2) is 4.98 Å². The van der Waals surface area contributed by atoms with Gasteiger partial charge in [-0.05, 0) is 42.8 Å². The highest BCUT2D eigenvalue weighted by Gasteiger charge is 2.13. The van der Waals surface area contributed by atoms with Crippen molar-refractivity contribution in [3.63, 3.8) is 0 Å². The van der Waals surface area contributed by atoms with Crippen LogP contribution >= 0.6 is 11.6 Å². The van der Waals surface area contributed by atoms with Crippen molar-refractivity contribution in [3.05, 3.63) is 70.9 Å². The number of benzene rings is 2. The van der Waals surface area contributed by atoms with E-state index < -0.39 is 0 Å². The van der Waals surface area contributed by atoms with Crippen LogP contribution in [0.1, 0.15) is 15.9 Å². The fraction of sp³-hybridized carbons (Fsp3) is 0.143. The van der Waals surface area contributed by atoms with E-state index in [0.717, 1.165) is 17.0 Å². The van der Waals surface area contributed by atoms with Gasteiger partial charge in [0.05, 0.1) is 19.9 Å². The van der Waals surface area contributed by atoms with Gasteiger partial charge in [-0.15, -0.1) is 0 Å². The lowest BCUT2D eigenvalue weighted by molar-refractivity contribution is 0.102. The molecule has 6 nitrogen and oxygen atoms in total. The number of pyridine rings is 1. The quantitative estimate of drug-likeness (QED) is 0.608. The molecule has 144 valence electrons. The molecule has 28 heavy (non-hydrogen) atoms. The van der Waals surface area contributed by atoms with Gasteiger partial charge in [-0.1, -0.05) is 17.7 Å². The minimum absolute atomic E-state index is 0.281. The van der Waals surface area contributed by atoms with Gasteiger partial charge in [-0.2, -0.15) is 0 Å². The topological polar surface area (TPSA) is 72.5 Å². The second-order valence-corrected chi connectivity index (χ2v) is 6.45. The number of carbonyl (C=O) groups is 1. The van der Waals surface area contributed by atoms with E-state index in [-0.39, 0.29) is 5.91 Å². The number of aryl methyl sites for hydroxylation is 1. The predicted octanol–water partition coefficient (Wildman–Crippen LogP) is 5.06. The summed E-state index contributed by atoms with van der Waals surface area (Å²) in [6.45, 7) is 1.86. The van der Waals surface area contributed by atoms with Crippen LogP contribution in [-0.4, -0.2) is 25.1 Å². The first-order chi connectivity index (χ1) is 13.5. The van der Waals surface area contributed by atoms with E-state index in [1.165, 1.54) is 7.11 Å². The number of amides is 1. The summed E-state index contributed by atoms with van der Waals surface area (Å²) in [6.07, 6.45) is 1.57. The number of aromatic nitrogens is 1. The maximum Gasteiger partial charge on any atom is 0.255 e. The van der Waals surface area contributed by atoms with Crippen LogP contribution < -0.4 is 20.1 Å². The average Bonchev–Trinajstić information content (AvgIpc) is 2.70. The van der Waals surface area contributed by atoms with Crippen LogP contribution in [0.3, 0.4) is 0 Å². The molecule has 1 heterocycles. The van der Waals surface area contributed by atoms with Crippen LogP contribution in [-0.2, 0) is 0 Å². The number of halogens is 1. The number of carbonyl (C=O) groups excluding carboxylic acids is 1. The van der Waals surface area contributed by atoms with Crippen LogP contribution in [0.25, 0.3) is 0 Å². The molecule has 3 aromatic rings. The average molecular weight is 398 g/mol. The zero-order valence-electron chi connectivity index (χ0n) is 15.7. The van der Waals surface area contributed by atoms with E-state index in [4.69, 9.17) is 21.1 Å². The Bertz CT molecular complexity index is 1010. The van der Waals surface area contributed by atoms with E-state index in [1.54, 1.807) is 37.6 Å². The van der Waals surface area contributed by atoms with E-state index in [1.807, 2.05) is 31.2 Å². The molecule has 0 fully saturated rings. The van der Waals surface area contributed by atoms with Crippen LogP contribution in [0, 0.1) is 6.92 Å². The van der Waals surface area contributed by atoms with Crippen molar-refractivity contribution in [2.75, 3.05) is 24.9 Å². The number of nitrogens with one attached hydrogen (secondary N) is 2. The third-order valence-electron chi connectivity index (χ3n) is 4.09. The number of methoxy groups -OCH3 is 2. The fourth-order valence-electron chi connectivity index (χ4n) is 2.61. The monoisotopic (exact) mass is 397 g/mol. The van der Waals surface area contributed by atoms with Gasteiger partial charge in [0.1, 0.15) is 17.3 Å². The summed E-state index contributed by atoms with van der Waals surface area (Å²) < 4.78 is 10.5. The Morgan fingerprint density at radius 2 is 1.89 bits per heavy atom. The molecule has 1 amide bonds. The highest BCUT2D eigenvalue weighted by Crippen LogP contribution is 2.31. The summed E-state index contributed by atoms with van der Waals surface area (Å²) in [4.78, 5) is 17.0. The lowest BCUT2D eigenvalue weighted by Gasteiger charge is -2.13. The Hall–Kier alpha value is -3.25. The van der Waals surface area contributed by atoms with Gasteiger partial charge >= 0.3 is 0 Å². The molecule has 0 aliphatic carbocycles. The predicted molar refractivity (Wildman–Crippen MR) is 111 cm³/mol. The molecule has 2 aromatic carbocycles. The fourth-order valence-corrected chi connectivity index (χ4v) is 2.77. The third-order valence-corrected chi connectivity index (χ3v) is 4.50. The Morgan fingerprint density at radius 1 is 1.07 bits per heavy atom. The van der Waals surface area contributed by atoms with Crippen LogP contribution in [0.2, 0.25) is 5.02 Å². The highest BCUT2D eigenvalue weighted by molar-refractivity contribution is 6.31. The summed E-state index contributed by atoms with van der Waals surface area (Å²) in [5, 5.41) is 6.59. The van der Waals surface area contributed by atoms with E-state index in [0.29, 0.717) is 27.8 Å². The Labute approximate surface area is 168 Å². The number of hydrogen-bond donors (Lipinski definition) is 2. The zero-order valence-corrected chi connectivity index (χ0v) is 16.5. The van der Waals surface area contributed by atoms with Gasteiger partial charge < -0.3 is 20.1 Å².